The number of β-amino-alcohol motifs (C(OH)–C–C–N with tert-alkyl or cyclic N) is 1. The van der Waals surface area contributed by atoms with E-state index in [-0.39, 0.29) is 30.9 Å². The van der Waals surface area contributed by atoms with E-state index in [0.29, 0.717) is 27.6 Å². The lowest BCUT2D eigenvalue weighted by atomic mass is 10.0. The first-order chi connectivity index (χ1) is 15.6. The molecule has 0 radical (unpaired) electrons. The highest BCUT2D eigenvalue weighted by atomic mass is 35.5. The van der Waals surface area contributed by atoms with Crippen LogP contribution in [0, 0.1) is 18.3 Å². The highest BCUT2D eigenvalue weighted by Gasteiger charge is 2.40. The van der Waals surface area contributed by atoms with Crippen LogP contribution in [0.4, 0.5) is 23.4 Å². The summed E-state index contributed by atoms with van der Waals surface area (Å²) in [5.74, 6) is 0.233. The van der Waals surface area contributed by atoms with Crippen molar-refractivity contribution >= 4 is 34.9 Å². The summed E-state index contributed by atoms with van der Waals surface area (Å²) in [5, 5.41) is 23.2. The number of aryl methyl sites for hydroxylation is 1. The van der Waals surface area contributed by atoms with Crippen LogP contribution in [-0.2, 0) is 6.18 Å². The summed E-state index contributed by atoms with van der Waals surface area (Å²) in [5.41, 5.74) is -0.727. The molecule has 1 aliphatic carbocycles. The van der Waals surface area contributed by atoms with Gasteiger partial charge in [0.2, 0.25) is 0 Å². The number of nitrogens with zero attached hydrogens (tertiary/aromatic N) is 6. The summed E-state index contributed by atoms with van der Waals surface area (Å²) in [4.78, 5) is 9.87. The molecular formula is C21H15ClF4N6O. The molecule has 0 saturated carbocycles. The van der Waals surface area contributed by atoms with Gasteiger partial charge in [-0.15, -0.1) is 0 Å². The molecule has 0 aromatic carbocycles. The van der Waals surface area contributed by atoms with Crippen LogP contribution < -0.4 is 4.90 Å². The summed E-state index contributed by atoms with van der Waals surface area (Å²) in [6.07, 6.45) is 2.00. The van der Waals surface area contributed by atoms with Gasteiger partial charge in [-0.25, -0.2) is 9.37 Å². The average molecular weight is 479 g/mol. The molecule has 1 fully saturated rings. The Morgan fingerprint density at radius 3 is 2.67 bits per heavy atom. The normalized spacial score (nSPS) is 19.6. The first-order valence-corrected chi connectivity index (χ1v) is 9.96. The van der Waals surface area contributed by atoms with Gasteiger partial charge < -0.3 is 10.0 Å². The SMILES string of the molecule is Cc1nc2c(C#N)c(C(F)(F)F)nn2c(N2CC(O)C2)c1\C=C1/C=CC(Cl)=C/C1=N\C=C\F. The largest absolute Gasteiger partial charge is 0.436 e. The lowest BCUT2D eigenvalue weighted by molar-refractivity contribution is -0.141. The number of anilines is 1. The van der Waals surface area contributed by atoms with Crippen molar-refractivity contribution in [2.45, 2.75) is 19.2 Å². The molecular weight excluding hydrogens is 464 g/mol. The van der Waals surface area contributed by atoms with Gasteiger partial charge in [-0.05, 0) is 25.2 Å². The molecule has 2 aliphatic rings. The molecule has 3 heterocycles. The number of aromatic nitrogens is 3. The second kappa shape index (κ2) is 8.46. The van der Waals surface area contributed by atoms with Crippen LogP contribution in [0.15, 0.2) is 46.4 Å². The van der Waals surface area contributed by atoms with Gasteiger partial charge in [0.25, 0.3) is 0 Å². The maximum atomic E-state index is 13.5. The zero-order valence-electron chi connectivity index (χ0n) is 17.0. The van der Waals surface area contributed by atoms with E-state index in [4.69, 9.17) is 11.6 Å². The Bertz CT molecular complexity index is 1320. The molecule has 1 aliphatic heterocycles. The van der Waals surface area contributed by atoms with Gasteiger partial charge in [0.05, 0.1) is 23.7 Å². The number of aliphatic hydroxyl groups is 1. The van der Waals surface area contributed by atoms with Crippen LogP contribution in [0.2, 0.25) is 0 Å². The second-order valence-electron chi connectivity index (χ2n) is 7.31. The van der Waals surface area contributed by atoms with Gasteiger partial charge in [0, 0.05) is 29.3 Å². The van der Waals surface area contributed by atoms with Gasteiger partial charge in [0.15, 0.2) is 11.3 Å². The van der Waals surface area contributed by atoms with E-state index in [1.807, 2.05) is 0 Å². The van der Waals surface area contributed by atoms with E-state index in [0.717, 1.165) is 10.7 Å². The molecule has 2 aromatic rings. The Labute approximate surface area is 189 Å². The Morgan fingerprint density at radius 1 is 1.33 bits per heavy atom. The highest BCUT2D eigenvalue weighted by molar-refractivity contribution is 6.35. The molecule has 0 unspecified atom stereocenters. The third-order valence-electron chi connectivity index (χ3n) is 5.07. The number of nitriles is 1. The van der Waals surface area contributed by atoms with E-state index >= 15 is 0 Å². The zero-order chi connectivity index (χ0) is 23.9. The minimum absolute atomic E-state index is 0.158. The molecule has 0 atom stereocenters. The fraction of sp³-hybridized carbons (Fsp3) is 0.238. The molecule has 4 rings (SSSR count). The van der Waals surface area contributed by atoms with Gasteiger partial charge in [-0.3, -0.25) is 4.99 Å². The Balaban J connectivity index is 2.00. The summed E-state index contributed by atoms with van der Waals surface area (Å²) in [7, 11) is 0. The van der Waals surface area contributed by atoms with Crippen LogP contribution in [-0.4, -0.2) is 44.6 Å². The molecule has 1 saturated heterocycles. The Kier molecular flexibility index (Phi) is 5.82. The average Bonchev–Trinajstić information content (AvgIpc) is 3.10. The zero-order valence-corrected chi connectivity index (χ0v) is 17.7. The lowest BCUT2D eigenvalue weighted by Crippen LogP contribution is -2.52. The maximum absolute atomic E-state index is 13.5. The molecule has 170 valence electrons. The van der Waals surface area contributed by atoms with Crippen molar-refractivity contribution < 1.29 is 22.7 Å². The number of alkyl halides is 3. The van der Waals surface area contributed by atoms with E-state index in [1.54, 1.807) is 36.1 Å². The third-order valence-corrected chi connectivity index (χ3v) is 5.31. The number of fused-ring (bicyclic) bond motifs is 1. The molecule has 2 aromatic heterocycles. The van der Waals surface area contributed by atoms with Crippen molar-refractivity contribution in [3.05, 3.63) is 63.9 Å². The minimum atomic E-state index is -4.86. The van der Waals surface area contributed by atoms with E-state index < -0.39 is 23.5 Å². The molecule has 0 amide bonds. The predicted molar refractivity (Wildman–Crippen MR) is 114 cm³/mol. The first kappa shape index (κ1) is 22.7. The quantitative estimate of drug-likeness (QED) is 0.672. The Morgan fingerprint density at radius 2 is 2.06 bits per heavy atom. The predicted octanol–water partition coefficient (Wildman–Crippen LogP) is 4.07. The molecule has 1 N–H and O–H groups in total. The van der Waals surface area contributed by atoms with Crippen molar-refractivity contribution in [3.8, 4) is 6.07 Å². The van der Waals surface area contributed by atoms with E-state index in [1.165, 1.54) is 6.08 Å². The van der Waals surface area contributed by atoms with Crippen LogP contribution in [0.3, 0.4) is 0 Å². The summed E-state index contributed by atoms with van der Waals surface area (Å²) >= 11 is 6.02. The van der Waals surface area contributed by atoms with Gasteiger partial charge in [0.1, 0.15) is 23.8 Å². The van der Waals surface area contributed by atoms with Crippen molar-refractivity contribution in [2.24, 2.45) is 4.99 Å². The number of rotatable bonds is 3. The number of allylic oxidation sites excluding steroid dienone is 5. The van der Waals surface area contributed by atoms with Crippen molar-refractivity contribution in [1.82, 2.24) is 14.6 Å². The summed E-state index contributed by atoms with van der Waals surface area (Å²) in [6, 6.07) is 1.55. The van der Waals surface area contributed by atoms with Crippen LogP contribution >= 0.6 is 11.6 Å². The number of aliphatic hydroxyl groups excluding tert-OH is 1. The lowest BCUT2D eigenvalue weighted by Gasteiger charge is -2.38. The monoisotopic (exact) mass is 478 g/mol. The fourth-order valence-corrected chi connectivity index (χ4v) is 3.74. The number of hydrogen-bond donors (Lipinski definition) is 1. The van der Waals surface area contributed by atoms with Crippen molar-refractivity contribution in [2.75, 3.05) is 18.0 Å². The molecule has 0 bridgehead atoms. The third kappa shape index (κ3) is 4.15. The van der Waals surface area contributed by atoms with Crippen LogP contribution in [0.25, 0.3) is 11.7 Å². The fourth-order valence-electron chi connectivity index (χ4n) is 3.57. The topological polar surface area (TPSA) is 89.8 Å². The number of hydrogen-bond acceptors (Lipinski definition) is 6. The molecule has 0 spiro atoms. The first-order valence-electron chi connectivity index (χ1n) is 9.58. The summed E-state index contributed by atoms with van der Waals surface area (Å²) in [6.45, 7) is 1.90. The van der Waals surface area contributed by atoms with Crippen LogP contribution in [0.5, 0.6) is 0 Å². The maximum Gasteiger partial charge on any atom is 0.436 e. The molecule has 12 heteroatoms. The molecule has 33 heavy (non-hydrogen) atoms. The number of halogens is 5. The summed E-state index contributed by atoms with van der Waals surface area (Å²) < 4.78 is 54.1. The van der Waals surface area contributed by atoms with E-state index in [2.05, 4.69) is 15.1 Å². The smallest absolute Gasteiger partial charge is 0.389 e. The van der Waals surface area contributed by atoms with Crippen LogP contribution in [0.1, 0.15) is 22.5 Å². The molecule has 7 nitrogen and oxygen atoms in total. The van der Waals surface area contributed by atoms with E-state index in [9.17, 15) is 27.9 Å². The van der Waals surface area contributed by atoms with Gasteiger partial charge in [-0.1, -0.05) is 17.7 Å². The van der Waals surface area contributed by atoms with Crippen molar-refractivity contribution in [3.63, 3.8) is 0 Å². The Hall–Kier alpha value is -3.49. The standard InChI is InChI=1S/C21H15ClF4N6O/c1-11-15(6-12-2-3-13(22)7-17(12)28-5-4-23)20(31-9-14(33)10-31)32-19(29-11)16(8-27)18(30-32)21(24,25)26/h2-7,14,33H,9-10H2,1H3/b5-4+,12-6+,28-17+. The highest BCUT2D eigenvalue weighted by Crippen LogP contribution is 2.37. The van der Waals surface area contributed by atoms with Crippen molar-refractivity contribution in [1.29, 1.82) is 5.26 Å². The number of aliphatic imine (C=N–C) groups is 1. The van der Waals surface area contributed by atoms with Gasteiger partial charge >= 0.3 is 6.18 Å². The second-order valence-corrected chi connectivity index (χ2v) is 7.75. The van der Waals surface area contributed by atoms with Gasteiger partial charge in [-0.2, -0.15) is 28.0 Å². The minimum Gasteiger partial charge on any atom is -0.389 e.